The Labute approximate surface area is 199 Å². The lowest BCUT2D eigenvalue weighted by molar-refractivity contribution is -0.133. The van der Waals surface area contributed by atoms with E-state index < -0.39 is 0 Å². The number of nitrogens with one attached hydrogen (secondary N) is 1. The molecule has 0 saturated carbocycles. The van der Waals surface area contributed by atoms with Gasteiger partial charge in [0.15, 0.2) is 0 Å². The van der Waals surface area contributed by atoms with E-state index >= 15 is 0 Å². The summed E-state index contributed by atoms with van der Waals surface area (Å²) < 4.78 is 0. The van der Waals surface area contributed by atoms with E-state index in [9.17, 15) is 9.59 Å². The van der Waals surface area contributed by atoms with Crippen LogP contribution in [0.3, 0.4) is 0 Å². The monoisotopic (exact) mass is 460 g/mol. The second-order valence-electron chi connectivity index (χ2n) is 9.35. The van der Waals surface area contributed by atoms with Crippen LogP contribution in [-0.4, -0.2) is 76.5 Å². The van der Waals surface area contributed by atoms with Gasteiger partial charge in [-0.3, -0.25) is 14.5 Å². The Balaban J connectivity index is 1.11. The molecule has 8 nitrogen and oxygen atoms in total. The van der Waals surface area contributed by atoms with Crippen molar-refractivity contribution >= 4 is 22.6 Å². The Bertz CT molecular complexity index is 1170. The Morgan fingerprint density at radius 3 is 2.68 bits per heavy atom. The second kappa shape index (κ2) is 10.3. The fourth-order valence-electron chi connectivity index (χ4n) is 5.14. The average molecular weight is 461 g/mol. The predicted molar refractivity (Wildman–Crippen MR) is 133 cm³/mol. The highest BCUT2D eigenvalue weighted by Crippen LogP contribution is 2.20. The van der Waals surface area contributed by atoms with Crippen LogP contribution in [0.2, 0.25) is 0 Å². The molecule has 178 valence electrons. The molecule has 2 fully saturated rings. The van der Waals surface area contributed by atoms with Gasteiger partial charge in [-0.05, 0) is 43.0 Å². The molecule has 2 aliphatic rings. The predicted octanol–water partition coefficient (Wildman–Crippen LogP) is 2.31. The van der Waals surface area contributed by atoms with Crippen LogP contribution in [0.5, 0.6) is 0 Å². The quantitative estimate of drug-likeness (QED) is 0.608. The van der Waals surface area contributed by atoms with E-state index in [0.29, 0.717) is 35.5 Å². The minimum absolute atomic E-state index is 0.144. The third-order valence-electron chi connectivity index (χ3n) is 6.97. The van der Waals surface area contributed by atoms with Crippen molar-refractivity contribution in [2.45, 2.75) is 25.7 Å². The molecule has 0 aliphatic carbocycles. The number of hydrogen-bond donors (Lipinski definition) is 1. The van der Waals surface area contributed by atoms with Gasteiger partial charge in [0.05, 0.1) is 10.9 Å². The number of aromatic nitrogens is 3. The normalized spacial score (nSPS) is 19.5. The van der Waals surface area contributed by atoms with Crippen molar-refractivity contribution < 1.29 is 4.79 Å². The number of amides is 1. The number of carbonyl (C=O) groups excluding carboxylic acids is 1. The van der Waals surface area contributed by atoms with Crippen LogP contribution >= 0.6 is 0 Å². The molecule has 1 amide bonds. The molecule has 4 heterocycles. The highest BCUT2D eigenvalue weighted by Gasteiger charge is 2.27. The van der Waals surface area contributed by atoms with Crippen LogP contribution in [0.15, 0.2) is 53.5 Å². The molecule has 5 rings (SSSR count). The maximum atomic E-state index is 12.9. The number of nitrogens with zero attached hydrogens (tertiary/aromatic N) is 5. The first-order valence-corrected chi connectivity index (χ1v) is 12.3. The van der Waals surface area contributed by atoms with Crippen molar-refractivity contribution in [3.8, 4) is 0 Å². The summed E-state index contributed by atoms with van der Waals surface area (Å²) in [4.78, 5) is 43.9. The summed E-state index contributed by atoms with van der Waals surface area (Å²) in [6, 6.07) is 13.4. The van der Waals surface area contributed by atoms with Crippen LogP contribution in [-0.2, 0) is 11.2 Å². The number of rotatable bonds is 6. The number of fused-ring (bicyclic) bond motifs is 1. The van der Waals surface area contributed by atoms with Gasteiger partial charge in [-0.1, -0.05) is 18.2 Å². The number of aryl methyl sites for hydroxylation is 1. The highest BCUT2D eigenvalue weighted by molar-refractivity contribution is 5.78. The molecule has 0 bridgehead atoms. The number of piperazine rings is 1. The molecule has 0 spiro atoms. The lowest BCUT2D eigenvalue weighted by atomic mass is 9.96. The smallest absolute Gasteiger partial charge is 0.258 e. The van der Waals surface area contributed by atoms with Crippen molar-refractivity contribution in [3.05, 3.63) is 64.8 Å². The summed E-state index contributed by atoms with van der Waals surface area (Å²) in [6.07, 6.45) is 4.90. The maximum absolute atomic E-state index is 12.9. The molecule has 1 aromatic carbocycles. The Hall–Kier alpha value is -3.26. The summed E-state index contributed by atoms with van der Waals surface area (Å²) >= 11 is 0. The van der Waals surface area contributed by atoms with Gasteiger partial charge in [-0.25, -0.2) is 9.97 Å². The SMILES string of the molecule is O=C(CCc1nc2ccccc2c(=O)[nH]1)N1CCCC(CN2CCN(c3ccccn3)CC2)C1. The van der Waals surface area contributed by atoms with Gasteiger partial charge < -0.3 is 14.8 Å². The number of aromatic amines is 1. The lowest BCUT2D eigenvalue weighted by Crippen LogP contribution is -2.50. The highest BCUT2D eigenvalue weighted by atomic mass is 16.2. The van der Waals surface area contributed by atoms with Crippen molar-refractivity contribution in [2.75, 3.05) is 50.7 Å². The number of pyridine rings is 1. The molecular weight excluding hydrogens is 428 g/mol. The average Bonchev–Trinajstić information content (AvgIpc) is 2.88. The molecule has 1 N–H and O–H groups in total. The number of anilines is 1. The fraction of sp³-hybridized carbons (Fsp3) is 0.462. The number of carbonyl (C=O) groups is 1. The summed E-state index contributed by atoms with van der Waals surface area (Å²) in [5.41, 5.74) is 0.532. The first kappa shape index (κ1) is 22.5. The zero-order valence-corrected chi connectivity index (χ0v) is 19.5. The van der Waals surface area contributed by atoms with Crippen LogP contribution < -0.4 is 10.5 Å². The number of H-pyrrole nitrogens is 1. The number of hydrogen-bond acceptors (Lipinski definition) is 6. The zero-order valence-electron chi connectivity index (χ0n) is 19.5. The third kappa shape index (κ3) is 5.28. The van der Waals surface area contributed by atoms with Gasteiger partial charge >= 0.3 is 0 Å². The van der Waals surface area contributed by atoms with E-state index in [4.69, 9.17) is 0 Å². The molecule has 2 saturated heterocycles. The number of benzene rings is 1. The molecule has 2 aliphatic heterocycles. The Morgan fingerprint density at radius 1 is 1.03 bits per heavy atom. The van der Waals surface area contributed by atoms with E-state index in [-0.39, 0.29) is 11.5 Å². The van der Waals surface area contributed by atoms with E-state index in [2.05, 4.69) is 30.8 Å². The van der Waals surface area contributed by atoms with Crippen LogP contribution in [0.25, 0.3) is 10.9 Å². The first-order valence-electron chi connectivity index (χ1n) is 12.3. The van der Waals surface area contributed by atoms with E-state index in [1.54, 1.807) is 6.07 Å². The van der Waals surface area contributed by atoms with Crippen LogP contribution in [0.4, 0.5) is 5.82 Å². The maximum Gasteiger partial charge on any atom is 0.258 e. The van der Waals surface area contributed by atoms with Gasteiger partial charge in [0, 0.05) is 64.9 Å². The summed E-state index contributed by atoms with van der Waals surface area (Å²) in [6.45, 7) is 6.72. The van der Waals surface area contributed by atoms with Gasteiger partial charge in [-0.15, -0.1) is 0 Å². The Morgan fingerprint density at radius 2 is 1.85 bits per heavy atom. The first-order chi connectivity index (χ1) is 16.7. The summed E-state index contributed by atoms with van der Waals surface area (Å²) in [7, 11) is 0. The summed E-state index contributed by atoms with van der Waals surface area (Å²) in [5, 5.41) is 0.581. The van der Waals surface area contributed by atoms with Crippen molar-refractivity contribution in [1.29, 1.82) is 0 Å². The van der Waals surface area contributed by atoms with Gasteiger partial charge in [-0.2, -0.15) is 0 Å². The third-order valence-corrected chi connectivity index (χ3v) is 6.97. The second-order valence-corrected chi connectivity index (χ2v) is 9.35. The minimum atomic E-state index is -0.144. The number of para-hydroxylation sites is 1. The van der Waals surface area contributed by atoms with Crippen molar-refractivity contribution in [1.82, 2.24) is 24.8 Å². The molecule has 1 atom stereocenters. The molecule has 34 heavy (non-hydrogen) atoms. The zero-order chi connectivity index (χ0) is 23.3. The summed E-state index contributed by atoms with van der Waals surface area (Å²) in [5.74, 6) is 2.30. The van der Waals surface area contributed by atoms with Gasteiger partial charge in [0.25, 0.3) is 5.56 Å². The minimum Gasteiger partial charge on any atom is -0.354 e. The standard InChI is InChI=1S/C26H32N6O2/c33-25(11-10-23-28-22-8-2-1-7-21(22)26(34)29-23)32-13-5-6-20(19-32)18-30-14-16-31(17-15-30)24-9-3-4-12-27-24/h1-4,7-9,12,20H,5-6,10-11,13-19H2,(H,28,29,34). The van der Waals surface area contributed by atoms with E-state index in [1.165, 1.54) is 6.42 Å². The van der Waals surface area contributed by atoms with E-state index in [1.807, 2.05) is 41.4 Å². The topological polar surface area (TPSA) is 85.4 Å². The van der Waals surface area contributed by atoms with Crippen LogP contribution in [0, 0.1) is 5.92 Å². The molecule has 8 heteroatoms. The molecule has 3 aromatic rings. The van der Waals surface area contributed by atoms with Gasteiger partial charge in [0.1, 0.15) is 11.6 Å². The molecule has 2 aromatic heterocycles. The number of piperidine rings is 1. The largest absolute Gasteiger partial charge is 0.354 e. The molecule has 1 unspecified atom stereocenters. The van der Waals surface area contributed by atoms with Gasteiger partial charge in [0.2, 0.25) is 5.91 Å². The van der Waals surface area contributed by atoms with E-state index in [0.717, 1.165) is 58.1 Å². The van der Waals surface area contributed by atoms with Crippen LogP contribution in [0.1, 0.15) is 25.1 Å². The van der Waals surface area contributed by atoms with Crippen molar-refractivity contribution in [2.24, 2.45) is 5.92 Å². The fourth-order valence-corrected chi connectivity index (χ4v) is 5.14. The number of likely N-dealkylation sites (tertiary alicyclic amines) is 1. The molecule has 0 radical (unpaired) electrons. The lowest BCUT2D eigenvalue weighted by Gasteiger charge is -2.39. The Kier molecular flexibility index (Phi) is 6.85. The van der Waals surface area contributed by atoms with Crippen molar-refractivity contribution in [3.63, 3.8) is 0 Å². The molecular formula is C26H32N6O2.